The van der Waals surface area contributed by atoms with E-state index in [1.165, 1.54) is 24.3 Å². The second-order valence-corrected chi connectivity index (χ2v) is 4.90. The van der Waals surface area contributed by atoms with E-state index in [9.17, 15) is 14.0 Å². The van der Waals surface area contributed by atoms with Crippen LogP contribution < -0.4 is 5.32 Å². The lowest BCUT2D eigenvalue weighted by molar-refractivity contribution is -0.143. The third-order valence-corrected chi connectivity index (χ3v) is 3.51. The van der Waals surface area contributed by atoms with Crippen molar-refractivity contribution in [3.63, 3.8) is 0 Å². The molecule has 2 N–H and O–H groups in total. The maximum absolute atomic E-state index is 12.7. The largest absolute Gasteiger partial charge is 0.481 e. The highest BCUT2D eigenvalue weighted by Gasteiger charge is 2.24. The molecule has 1 saturated heterocycles. The van der Waals surface area contributed by atoms with Crippen LogP contribution in [0.15, 0.2) is 24.3 Å². The Hall–Kier alpha value is -1.95. The quantitative estimate of drug-likeness (QED) is 0.872. The molecule has 1 aliphatic heterocycles. The fourth-order valence-corrected chi connectivity index (χ4v) is 2.22. The normalized spacial score (nSPS) is 16.9. The van der Waals surface area contributed by atoms with Gasteiger partial charge in [0.1, 0.15) is 5.82 Å². The molecule has 0 aromatic heterocycles. The third-order valence-electron chi connectivity index (χ3n) is 3.51. The van der Waals surface area contributed by atoms with Gasteiger partial charge >= 0.3 is 5.97 Å². The number of piperidine rings is 1. The molecule has 0 saturated carbocycles. The second kappa shape index (κ2) is 6.47. The summed E-state index contributed by atoms with van der Waals surface area (Å²) >= 11 is 0. The number of carbonyl (C=O) groups is 2. The van der Waals surface area contributed by atoms with Crippen LogP contribution in [-0.4, -0.2) is 41.6 Å². The molecule has 5 nitrogen and oxygen atoms in total. The second-order valence-electron chi connectivity index (χ2n) is 4.90. The predicted molar refractivity (Wildman–Crippen MR) is 70.7 cm³/mol. The van der Waals surface area contributed by atoms with Crippen LogP contribution in [0.3, 0.4) is 0 Å². The summed E-state index contributed by atoms with van der Waals surface area (Å²) in [4.78, 5) is 24.6. The van der Waals surface area contributed by atoms with Crippen LogP contribution in [-0.2, 0) is 4.79 Å². The smallest absolute Gasteiger partial charge is 0.306 e. The summed E-state index contributed by atoms with van der Waals surface area (Å²) < 4.78 is 12.7. The Morgan fingerprint density at radius 3 is 2.40 bits per heavy atom. The Labute approximate surface area is 116 Å². The van der Waals surface area contributed by atoms with E-state index < -0.39 is 5.97 Å². The Morgan fingerprint density at radius 1 is 1.25 bits per heavy atom. The van der Waals surface area contributed by atoms with Crippen LogP contribution in [0.4, 0.5) is 4.39 Å². The Morgan fingerprint density at radius 2 is 1.85 bits per heavy atom. The monoisotopic (exact) mass is 280 g/mol. The van der Waals surface area contributed by atoms with Crippen LogP contribution >= 0.6 is 0 Å². The number of amides is 1. The molecular weight excluding hydrogens is 263 g/mol. The molecule has 1 fully saturated rings. The summed E-state index contributed by atoms with van der Waals surface area (Å²) in [5.74, 6) is -1.67. The van der Waals surface area contributed by atoms with Crippen molar-refractivity contribution in [1.29, 1.82) is 0 Å². The van der Waals surface area contributed by atoms with Gasteiger partial charge in [0.25, 0.3) is 5.91 Å². The molecule has 1 heterocycles. The Balaban J connectivity index is 1.77. The van der Waals surface area contributed by atoms with Crippen molar-refractivity contribution < 1.29 is 19.1 Å². The van der Waals surface area contributed by atoms with E-state index in [2.05, 4.69) is 5.32 Å². The summed E-state index contributed by atoms with van der Waals surface area (Å²) in [6, 6.07) is 5.35. The summed E-state index contributed by atoms with van der Waals surface area (Å²) in [5, 5.41) is 11.6. The van der Waals surface area contributed by atoms with Crippen LogP contribution in [0.25, 0.3) is 0 Å². The Kier molecular flexibility index (Phi) is 4.68. The number of nitrogens with one attached hydrogen (secondary N) is 1. The molecule has 0 atom stereocenters. The highest BCUT2D eigenvalue weighted by molar-refractivity contribution is 5.94. The number of benzene rings is 1. The molecule has 0 bridgehead atoms. The topological polar surface area (TPSA) is 69.6 Å². The van der Waals surface area contributed by atoms with Gasteiger partial charge in [-0.25, -0.2) is 4.39 Å². The van der Waals surface area contributed by atoms with E-state index in [4.69, 9.17) is 5.11 Å². The number of hydrogen-bond donors (Lipinski definition) is 2. The number of carboxylic acid groups (broad SMARTS) is 1. The summed E-state index contributed by atoms with van der Waals surface area (Å²) in [6.45, 7) is 1.68. The van der Waals surface area contributed by atoms with Gasteiger partial charge in [0, 0.05) is 18.7 Å². The lowest BCUT2D eigenvalue weighted by Crippen LogP contribution is -2.43. The molecule has 0 aliphatic carbocycles. The lowest BCUT2D eigenvalue weighted by atomic mass is 9.97. The molecule has 1 aromatic rings. The average Bonchev–Trinajstić information content (AvgIpc) is 2.46. The number of likely N-dealkylation sites (tertiary alicyclic amines) is 1. The van der Waals surface area contributed by atoms with Crippen molar-refractivity contribution in [3.05, 3.63) is 35.6 Å². The first-order valence-corrected chi connectivity index (χ1v) is 6.55. The number of carboxylic acids is 1. The number of halogens is 1. The van der Waals surface area contributed by atoms with Crippen LogP contribution in [0.5, 0.6) is 0 Å². The van der Waals surface area contributed by atoms with Crippen molar-refractivity contribution in [2.24, 2.45) is 5.92 Å². The first kappa shape index (κ1) is 14.5. The number of hydrogen-bond acceptors (Lipinski definition) is 3. The Bertz CT molecular complexity index is 482. The highest BCUT2D eigenvalue weighted by atomic mass is 19.1. The first-order chi connectivity index (χ1) is 9.56. The summed E-state index contributed by atoms with van der Waals surface area (Å²) in [5.41, 5.74) is 0.409. The number of aliphatic carboxylic acids is 1. The van der Waals surface area contributed by atoms with E-state index in [1.54, 1.807) is 0 Å². The molecule has 1 amide bonds. The molecule has 0 radical (unpaired) electrons. The molecule has 6 heteroatoms. The van der Waals surface area contributed by atoms with Crippen molar-refractivity contribution in [2.45, 2.75) is 12.8 Å². The van der Waals surface area contributed by atoms with Gasteiger partial charge in [-0.1, -0.05) is 0 Å². The van der Waals surface area contributed by atoms with Crippen LogP contribution in [0.1, 0.15) is 23.2 Å². The molecule has 20 heavy (non-hydrogen) atoms. The summed E-state index contributed by atoms with van der Waals surface area (Å²) in [6.07, 6.45) is 1.20. The van der Waals surface area contributed by atoms with Crippen molar-refractivity contribution in [2.75, 3.05) is 19.8 Å². The minimum absolute atomic E-state index is 0.259. The summed E-state index contributed by atoms with van der Waals surface area (Å²) in [7, 11) is 0. The molecule has 0 unspecified atom stereocenters. The number of nitrogens with zero attached hydrogens (tertiary/aromatic N) is 1. The van der Waals surface area contributed by atoms with Crippen LogP contribution in [0, 0.1) is 11.7 Å². The van der Waals surface area contributed by atoms with Crippen molar-refractivity contribution in [3.8, 4) is 0 Å². The van der Waals surface area contributed by atoms with Gasteiger partial charge in [-0.2, -0.15) is 0 Å². The molecule has 1 aromatic carbocycles. The van der Waals surface area contributed by atoms with Gasteiger partial charge in [0.2, 0.25) is 0 Å². The molecule has 1 aliphatic rings. The van der Waals surface area contributed by atoms with Crippen molar-refractivity contribution in [1.82, 2.24) is 10.2 Å². The van der Waals surface area contributed by atoms with Gasteiger partial charge in [0.05, 0.1) is 12.6 Å². The zero-order valence-corrected chi connectivity index (χ0v) is 11.0. The van der Waals surface area contributed by atoms with E-state index in [-0.39, 0.29) is 17.6 Å². The lowest BCUT2D eigenvalue weighted by Gasteiger charge is -2.29. The first-order valence-electron chi connectivity index (χ1n) is 6.55. The number of rotatable bonds is 4. The predicted octanol–water partition coefficient (Wildman–Crippen LogP) is 1.31. The van der Waals surface area contributed by atoms with Gasteiger partial charge in [-0.05, 0) is 37.1 Å². The van der Waals surface area contributed by atoms with E-state index in [0.717, 1.165) is 0 Å². The van der Waals surface area contributed by atoms with Gasteiger partial charge in [0.15, 0.2) is 0 Å². The van der Waals surface area contributed by atoms with E-state index >= 15 is 0 Å². The standard InChI is InChI=1S/C14H17FN2O3/c15-12-3-1-10(2-4-12)13(18)16-9-17-7-5-11(6-8-17)14(19)20/h1-4,11H,5-9H2,(H,16,18)(H,19,20). The third kappa shape index (κ3) is 3.77. The molecular formula is C14H17FN2O3. The van der Waals surface area contributed by atoms with E-state index in [1.807, 2.05) is 4.90 Å². The van der Waals surface area contributed by atoms with Crippen LogP contribution in [0.2, 0.25) is 0 Å². The zero-order valence-electron chi connectivity index (χ0n) is 11.0. The molecule has 108 valence electrons. The molecule has 0 spiro atoms. The van der Waals surface area contributed by atoms with E-state index in [0.29, 0.717) is 38.2 Å². The fraction of sp³-hybridized carbons (Fsp3) is 0.429. The maximum Gasteiger partial charge on any atom is 0.306 e. The van der Waals surface area contributed by atoms with Gasteiger partial charge in [-0.3, -0.25) is 14.5 Å². The minimum Gasteiger partial charge on any atom is -0.481 e. The minimum atomic E-state index is -0.750. The van der Waals surface area contributed by atoms with Crippen molar-refractivity contribution >= 4 is 11.9 Å². The zero-order chi connectivity index (χ0) is 14.5. The average molecular weight is 280 g/mol. The maximum atomic E-state index is 12.7. The fourth-order valence-electron chi connectivity index (χ4n) is 2.22. The number of carbonyl (C=O) groups excluding carboxylic acids is 1. The van der Waals surface area contributed by atoms with Gasteiger partial charge < -0.3 is 10.4 Å². The van der Waals surface area contributed by atoms with Gasteiger partial charge in [-0.15, -0.1) is 0 Å². The SMILES string of the molecule is O=C(NCN1CCC(C(=O)O)CC1)c1ccc(F)cc1. The molecule has 2 rings (SSSR count). The highest BCUT2D eigenvalue weighted by Crippen LogP contribution is 2.16.